The van der Waals surface area contributed by atoms with Crippen LogP contribution in [0, 0.1) is 0 Å². The molecule has 0 aromatic carbocycles. The van der Waals surface area contributed by atoms with E-state index in [9.17, 15) is 4.79 Å². The zero-order chi connectivity index (χ0) is 11.4. The van der Waals surface area contributed by atoms with Gasteiger partial charge in [-0.15, -0.1) is 0 Å². The third-order valence-electron chi connectivity index (χ3n) is 3.13. The number of carbonyl (C=O) groups is 1. The first kappa shape index (κ1) is 12.2. The maximum absolute atomic E-state index is 12.2. The van der Waals surface area contributed by atoms with Gasteiger partial charge in [0.25, 0.3) is 0 Å². The van der Waals surface area contributed by atoms with E-state index in [1.807, 2.05) is 16.7 Å². The molecule has 0 radical (unpaired) electrons. The SMILES string of the molecule is CCC1CN(C(=O)C2COCCN2)CCS1. The number of hydrogen-bond acceptors (Lipinski definition) is 4. The zero-order valence-corrected chi connectivity index (χ0v) is 10.6. The van der Waals surface area contributed by atoms with Gasteiger partial charge in [-0.1, -0.05) is 6.92 Å². The highest BCUT2D eigenvalue weighted by atomic mass is 32.2. The smallest absolute Gasteiger partial charge is 0.242 e. The Kier molecular flexibility index (Phi) is 4.49. The van der Waals surface area contributed by atoms with E-state index in [1.165, 1.54) is 0 Å². The summed E-state index contributed by atoms with van der Waals surface area (Å²) in [4.78, 5) is 14.2. The van der Waals surface area contributed by atoms with Crippen LogP contribution >= 0.6 is 11.8 Å². The van der Waals surface area contributed by atoms with Crippen LogP contribution in [-0.4, -0.2) is 60.7 Å². The van der Waals surface area contributed by atoms with Crippen molar-refractivity contribution in [3.8, 4) is 0 Å². The molecule has 2 rings (SSSR count). The van der Waals surface area contributed by atoms with Gasteiger partial charge in [-0.05, 0) is 6.42 Å². The summed E-state index contributed by atoms with van der Waals surface area (Å²) in [5.74, 6) is 1.29. The van der Waals surface area contributed by atoms with Crippen molar-refractivity contribution in [2.75, 3.05) is 38.6 Å². The quantitative estimate of drug-likeness (QED) is 0.760. The fraction of sp³-hybridized carbons (Fsp3) is 0.909. The molecule has 2 aliphatic rings. The van der Waals surface area contributed by atoms with E-state index in [2.05, 4.69) is 12.2 Å². The Morgan fingerprint density at radius 3 is 3.19 bits per heavy atom. The second-order valence-electron chi connectivity index (χ2n) is 4.27. The van der Waals surface area contributed by atoms with Gasteiger partial charge in [0.2, 0.25) is 5.91 Å². The van der Waals surface area contributed by atoms with Gasteiger partial charge in [0, 0.05) is 30.6 Å². The van der Waals surface area contributed by atoms with Crippen LogP contribution in [0.3, 0.4) is 0 Å². The van der Waals surface area contributed by atoms with Crippen LogP contribution in [0.25, 0.3) is 0 Å². The van der Waals surface area contributed by atoms with E-state index < -0.39 is 0 Å². The Morgan fingerprint density at radius 2 is 2.50 bits per heavy atom. The topological polar surface area (TPSA) is 41.6 Å². The van der Waals surface area contributed by atoms with E-state index in [0.29, 0.717) is 11.9 Å². The lowest BCUT2D eigenvalue weighted by Gasteiger charge is -2.35. The molecule has 0 aromatic heterocycles. The van der Waals surface area contributed by atoms with Crippen molar-refractivity contribution in [2.24, 2.45) is 0 Å². The Bertz CT molecular complexity index is 244. The van der Waals surface area contributed by atoms with Crippen molar-refractivity contribution in [3.05, 3.63) is 0 Å². The van der Waals surface area contributed by atoms with Crippen LogP contribution < -0.4 is 5.32 Å². The van der Waals surface area contributed by atoms with E-state index in [4.69, 9.17) is 4.74 Å². The molecule has 0 aromatic rings. The van der Waals surface area contributed by atoms with E-state index in [1.54, 1.807) is 0 Å². The molecule has 4 nitrogen and oxygen atoms in total. The standard InChI is InChI=1S/C11H20N2O2S/c1-2-9-7-13(4-6-16-9)11(14)10-8-15-5-3-12-10/h9-10,12H,2-8H2,1H3. The van der Waals surface area contributed by atoms with Crippen molar-refractivity contribution in [2.45, 2.75) is 24.6 Å². The molecule has 92 valence electrons. The van der Waals surface area contributed by atoms with Gasteiger partial charge >= 0.3 is 0 Å². The van der Waals surface area contributed by atoms with Crippen LogP contribution in [-0.2, 0) is 9.53 Å². The van der Waals surface area contributed by atoms with Gasteiger partial charge in [-0.3, -0.25) is 4.79 Å². The van der Waals surface area contributed by atoms with E-state index >= 15 is 0 Å². The Hall–Kier alpha value is -0.260. The summed E-state index contributed by atoms with van der Waals surface area (Å²) in [6.45, 7) is 6.01. The average Bonchev–Trinajstić information content (AvgIpc) is 2.39. The minimum Gasteiger partial charge on any atom is -0.378 e. The average molecular weight is 244 g/mol. The van der Waals surface area contributed by atoms with Gasteiger partial charge in [0.05, 0.1) is 13.2 Å². The molecule has 2 fully saturated rings. The predicted molar refractivity (Wildman–Crippen MR) is 65.7 cm³/mol. The van der Waals surface area contributed by atoms with Gasteiger partial charge in [-0.25, -0.2) is 0 Å². The van der Waals surface area contributed by atoms with Crippen molar-refractivity contribution in [3.63, 3.8) is 0 Å². The number of carbonyl (C=O) groups excluding carboxylic acids is 1. The number of rotatable bonds is 2. The van der Waals surface area contributed by atoms with Crippen LogP contribution in [0.1, 0.15) is 13.3 Å². The Morgan fingerprint density at radius 1 is 1.62 bits per heavy atom. The summed E-state index contributed by atoms with van der Waals surface area (Å²) in [6.07, 6.45) is 1.14. The minimum atomic E-state index is -0.116. The number of morpholine rings is 1. The second-order valence-corrected chi connectivity index (χ2v) is 5.68. The lowest BCUT2D eigenvalue weighted by atomic mass is 10.2. The van der Waals surface area contributed by atoms with Crippen molar-refractivity contribution < 1.29 is 9.53 Å². The highest BCUT2D eigenvalue weighted by Crippen LogP contribution is 2.21. The molecule has 0 saturated carbocycles. The zero-order valence-electron chi connectivity index (χ0n) is 9.78. The summed E-state index contributed by atoms with van der Waals surface area (Å²) >= 11 is 1.99. The molecular formula is C11H20N2O2S. The van der Waals surface area contributed by atoms with Crippen LogP contribution in [0.2, 0.25) is 0 Å². The summed E-state index contributed by atoms with van der Waals surface area (Å²) < 4.78 is 5.33. The molecule has 2 unspecified atom stereocenters. The Labute approximate surface area is 101 Å². The first-order valence-corrected chi connectivity index (χ1v) is 7.07. The number of nitrogens with one attached hydrogen (secondary N) is 1. The fourth-order valence-corrected chi connectivity index (χ4v) is 3.29. The first-order chi connectivity index (χ1) is 7.81. The molecule has 2 saturated heterocycles. The summed E-state index contributed by atoms with van der Waals surface area (Å²) in [5, 5.41) is 3.84. The molecule has 16 heavy (non-hydrogen) atoms. The van der Waals surface area contributed by atoms with Gasteiger partial charge in [0.1, 0.15) is 6.04 Å². The number of thioether (sulfide) groups is 1. The van der Waals surface area contributed by atoms with Gasteiger partial charge in [-0.2, -0.15) is 11.8 Å². The van der Waals surface area contributed by atoms with Crippen molar-refractivity contribution in [1.29, 1.82) is 0 Å². The number of ether oxygens (including phenoxy) is 1. The van der Waals surface area contributed by atoms with Crippen molar-refractivity contribution in [1.82, 2.24) is 10.2 Å². The first-order valence-electron chi connectivity index (χ1n) is 6.02. The number of nitrogens with zero attached hydrogens (tertiary/aromatic N) is 1. The molecular weight excluding hydrogens is 224 g/mol. The molecule has 0 bridgehead atoms. The van der Waals surface area contributed by atoms with Gasteiger partial charge in [0.15, 0.2) is 0 Å². The van der Waals surface area contributed by atoms with Gasteiger partial charge < -0.3 is 15.0 Å². The molecule has 2 atom stereocenters. The highest BCUT2D eigenvalue weighted by Gasteiger charge is 2.29. The molecule has 2 aliphatic heterocycles. The normalized spacial score (nSPS) is 31.4. The molecule has 1 N–H and O–H groups in total. The largest absolute Gasteiger partial charge is 0.378 e. The lowest BCUT2D eigenvalue weighted by molar-refractivity contribution is -0.136. The Balaban J connectivity index is 1.87. The van der Waals surface area contributed by atoms with Crippen LogP contribution in [0.15, 0.2) is 0 Å². The molecule has 1 amide bonds. The molecule has 2 heterocycles. The minimum absolute atomic E-state index is 0.116. The third-order valence-corrected chi connectivity index (χ3v) is 4.50. The summed E-state index contributed by atoms with van der Waals surface area (Å²) in [6, 6.07) is -0.116. The summed E-state index contributed by atoms with van der Waals surface area (Å²) in [7, 11) is 0. The third kappa shape index (κ3) is 2.90. The molecule has 0 aliphatic carbocycles. The number of amides is 1. The number of hydrogen-bond donors (Lipinski definition) is 1. The van der Waals surface area contributed by atoms with Crippen LogP contribution in [0.5, 0.6) is 0 Å². The monoisotopic (exact) mass is 244 g/mol. The van der Waals surface area contributed by atoms with Crippen molar-refractivity contribution >= 4 is 17.7 Å². The maximum Gasteiger partial charge on any atom is 0.242 e. The fourth-order valence-electron chi connectivity index (χ4n) is 2.11. The highest BCUT2D eigenvalue weighted by molar-refractivity contribution is 8.00. The maximum atomic E-state index is 12.2. The van der Waals surface area contributed by atoms with E-state index in [-0.39, 0.29) is 11.9 Å². The second kappa shape index (κ2) is 5.89. The lowest BCUT2D eigenvalue weighted by Crippen LogP contribution is -2.55. The van der Waals surface area contributed by atoms with E-state index in [0.717, 1.165) is 38.4 Å². The molecule has 5 heteroatoms. The summed E-state index contributed by atoms with van der Waals surface area (Å²) in [5.41, 5.74) is 0. The molecule has 0 spiro atoms. The van der Waals surface area contributed by atoms with Crippen LogP contribution in [0.4, 0.5) is 0 Å². The predicted octanol–water partition coefficient (Wildman–Crippen LogP) is 0.329.